The maximum Gasteiger partial charge on any atom is 0.258 e. The first kappa shape index (κ1) is 15.6. The maximum atomic E-state index is 11.9. The third-order valence-corrected chi connectivity index (χ3v) is 3.88. The molecule has 0 radical (unpaired) electrons. The van der Waals surface area contributed by atoms with Crippen LogP contribution in [-0.4, -0.2) is 22.6 Å². The molecule has 1 amide bonds. The Bertz CT molecular complexity index is 681. The van der Waals surface area contributed by atoms with Crippen LogP contribution >= 0.6 is 0 Å². The summed E-state index contributed by atoms with van der Waals surface area (Å²) in [4.78, 5) is 16.3. The van der Waals surface area contributed by atoms with Crippen molar-refractivity contribution in [3.63, 3.8) is 0 Å². The van der Waals surface area contributed by atoms with Crippen LogP contribution in [0.3, 0.4) is 0 Å². The molecule has 2 aromatic rings. The van der Waals surface area contributed by atoms with E-state index >= 15 is 0 Å². The number of ether oxygens (including phenoxy) is 1. The number of aliphatic hydroxyl groups is 1. The van der Waals surface area contributed by atoms with Gasteiger partial charge in [0.25, 0.3) is 5.91 Å². The lowest BCUT2D eigenvalue weighted by molar-refractivity contribution is -0.123. The molecule has 0 saturated carbocycles. The third kappa shape index (κ3) is 3.90. The summed E-state index contributed by atoms with van der Waals surface area (Å²) in [6.45, 7) is 0.0882. The Labute approximate surface area is 134 Å². The fourth-order valence-corrected chi connectivity index (χ4v) is 2.71. The molecule has 2 heterocycles. The number of furan rings is 1. The topological polar surface area (TPSA) is 84.6 Å². The number of pyridine rings is 1. The molecule has 2 aromatic heterocycles. The quantitative estimate of drug-likeness (QED) is 0.848. The molecule has 122 valence electrons. The Hall–Kier alpha value is -2.34. The molecule has 0 spiro atoms. The van der Waals surface area contributed by atoms with Crippen LogP contribution in [-0.2, 0) is 30.8 Å². The van der Waals surface area contributed by atoms with Gasteiger partial charge < -0.3 is 19.6 Å². The normalized spacial score (nSPS) is 13.4. The SMILES string of the molecule is O=C(COc1ccnc2c1CCCC2)NCc1ccc(CO)o1. The van der Waals surface area contributed by atoms with Crippen LogP contribution in [0.2, 0.25) is 0 Å². The highest BCUT2D eigenvalue weighted by molar-refractivity contribution is 5.77. The summed E-state index contributed by atoms with van der Waals surface area (Å²) in [6.07, 6.45) is 5.95. The number of hydrogen-bond acceptors (Lipinski definition) is 5. The predicted octanol–water partition coefficient (Wildman–Crippen LogP) is 1.74. The van der Waals surface area contributed by atoms with Gasteiger partial charge in [-0.3, -0.25) is 9.78 Å². The number of amides is 1. The molecule has 6 heteroatoms. The van der Waals surface area contributed by atoms with Crippen LogP contribution in [0.5, 0.6) is 5.75 Å². The summed E-state index contributed by atoms with van der Waals surface area (Å²) in [5.41, 5.74) is 2.21. The van der Waals surface area contributed by atoms with Crippen molar-refractivity contribution in [2.75, 3.05) is 6.61 Å². The van der Waals surface area contributed by atoms with E-state index in [4.69, 9.17) is 14.3 Å². The van der Waals surface area contributed by atoms with Crippen LogP contribution in [0.1, 0.15) is 35.6 Å². The predicted molar refractivity (Wildman–Crippen MR) is 82.9 cm³/mol. The van der Waals surface area contributed by atoms with E-state index in [9.17, 15) is 4.79 Å². The second kappa shape index (κ2) is 7.28. The van der Waals surface area contributed by atoms with Gasteiger partial charge >= 0.3 is 0 Å². The number of nitrogens with one attached hydrogen (secondary N) is 1. The second-order valence-corrected chi connectivity index (χ2v) is 5.53. The number of carbonyl (C=O) groups is 1. The third-order valence-electron chi connectivity index (χ3n) is 3.88. The first-order valence-electron chi connectivity index (χ1n) is 7.81. The lowest BCUT2D eigenvalue weighted by Crippen LogP contribution is -2.28. The highest BCUT2D eigenvalue weighted by Gasteiger charge is 2.16. The van der Waals surface area contributed by atoms with E-state index in [2.05, 4.69) is 10.3 Å². The second-order valence-electron chi connectivity index (χ2n) is 5.53. The van der Waals surface area contributed by atoms with Crippen LogP contribution in [0, 0.1) is 0 Å². The van der Waals surface area contributed by atoms with Crippen molar-refractivity contribution in [2.24, 2.45) is 0 Å². The first-order chi connectivity index (χ1) is 11.3. The summed E-state index contributed by atoms with van der Waals surface area (Å²) < 4.78 is 11.0. The van der Waals surface area contributed by atoms with E-state index in [0.29, 0.717) is 11.5 Å². The van der Waals surface area contributed by atoms with Crippen molar-refractivity contribution in [3.05, 3.63) is 47.2 Å². The molecular weight excluding hydrogens is 296 g/mol. The molecule has 0 atom stereocenters. The minimum absolute atomic E-state index is 0.0377. The molecule has 1 aliphatic rings. The minimum Gasteiger partial charge on any atom is -0.483 e. The summed E-state index contributed by atoms with van der Waals surface area (Å²) in [7, 11) is 0. The molecule has 3 rings (SSSR count). The molecule has 2 N–H and O–H groups in total. The molecule has 6 nitrogen and oxygen atoms in total. The van der Waals surface area contributed by atoms with Gasteiger partial charge in [-0.2, -0.15) is 0 Å². The van der Waals surface area contributed by atoms with Gasteiger partial charge in [0.2, 0.25) is 0 Å². The molecule has 0 saturated heterocycles. The average Bonchev–Trinajstić information content (AvgIpc) is 3.06. The van der Waals surface area contributed by atoms with E-state index in [1.54, 1.807) is 18.3 Å². The van der Waals surface area contributed by atoms with E-state index in [0.717, 1.165) is 42.7 Å². The maximum absolute atomic E-state index is 11.9. The standard InChI is InChI=1S/C17H20N2O4/c20-10-13-6-5-12(23-13)9-19-17(21)11-22-16-7-8-18-15-4-2-1-3-14(15)16/h5-8,20H,1-4,9-11H2,(H,19,21). The molecule has 0 unspecified atom stereocenters. The first-order valence-corrected chi connectivity index (χ1v) is 7.81. The number of aliphatic hydroxyl groups excluding tert-OH is 1. The van der Waals surface area contributed by atoms with Gasteiger partial charge in [0.15, 0.2) is 6.61 Å². The van der Waals surface area contributed by atoms with E-state index in [1.807, 2.05) is 6.07 Å². The van der Waals surface area contributed by atoms with Gasteiger partial charge in [0, 0.05) is 17.5 Å². The molecule has 23 heavy (non-hydrogen) atoms. The smallest absolute Gasteiger partial charge is 0.258 e. The molecule has 0 aliphatic heterocycles. The van der Waals surface area contributed by atoms with Gasteiger partial charge in [0.05, 0.1) is 6.54 Å². The van der Waals surface area contributed by atoms with Crippen molar-refractivity contribution >= 4 is 5.91 Å². The number of aryl methyl sites for hydroxylation is 1. The molecule has 0 bridgehead atoms. The molecule has 0 aromatic carbocycles. The van der Waals surface area contributed by atoms with Crippen molar-refractivity contribution in [1.29, 1.82) is 0 Å². The minimum atomic E-state index is -0.215. The number of aromatic nitrogens is 1. The van der Waals surface area contributed by atoms with Gasteiger partial charge in [-0.15, -0.1) is 0 Å². The fourth-order valence-electron chi connectivity index (χ4n) is 2.71. The Morgan fingerprint density at radius 2 is 2.09 bits per heavy atom. The Morgan fingerprint density at radius 1 is 1.26 bits per heavy atom. The molecular formula is C17H20N2O4. The van der Waals surface area contributed by atoms with Crippen molar-refractivity contribution in [1.82, 2.24) is 10.3 Å². The zero-order valence-corrected chi connectivity index (χ0v) is 12.9. The number of nitrogens with zero attached hydrogens (tertiary/aromatic N) is 1. The summed E-state index contributed by atoms with van der Waals surface area (Å²) in [6, 6.07) is 5.23. The van der Waals surface area contributed by atoms with Crippen LogP contribution in [0.15, 0.2) is 28.8 Å². The summed E-state index contributed by atoms with van der Waals surface area (Å²) >= 11 is 0. The Balaban J connectivity index is 1.51. The van der Waals surface area contributed by atoms with E-state index in [1.165, 1.54) is 0 Å². The van der Waals surface area contributed by atoms with Gasteiger partial charge in [0.1, 0.15) is 23.9 Å². The number of rotatable bonds is 6. The molecule has 0 fully saturated rings. The number of carbonyl (C=O) groups excluding carboxylic acids is 1. The lowest BCUT2D eigenvalue weighted by atomic mass is 9.95. The van der Waals surface area contributed by atoms with E-state index < -0.39 is 0 Å². The monoisotopic (exact) mass is 316 g/mol. The zero-order valence-electron chi connectivity index (χ0n) is 12.9. The highest BCUT2D eigenvalue weighted by atomic mass is 16.5. The van der Waals surface area contributed by atoms with Gasteiger partial charge in [-0.25, -0.2) is 0 Å². The summed E-state index contributed by atoms with van der Waals surface area (Å²) in [5.74, 6) is 1.62. The average molecular weight is 316 g/mol. The van der Waals surface area contributed by atoms with Crippen molar-refractivity contribution < 1.29 is 19.1 Å². The van der Waals surface area contributed by atoms with Crippen LogP contribution in [0.4, 0.5) is 0 Å². The van der Waals surface area contributed by atoms with Crippen LogP contribution < -0.4 is 10.1 Å². The highest BCUT2D eigenvalue weighted by Crippen LogP contribution is 2.27. The number of hydrogen-bond donors (Lipinski definition) is 2. The van der Waals surface area contributed by atoms with Gasteiger partial charge in [-0.1, -0.05) is 0 Å². The van der Waals surface area contributed by atoms with Crippen molar-refractivity contribution in [3.8, 4) is 5.75 Å². The lowest BCUT2D eigenvalue weighted by Gasteiger charge is -2.18. The van der Waals surface area contributed by atoms with Crippen molar-refractivity contribution in [2.45, 2.75) is 38.8 Å². The Morgan fingerprint density at radius 3 is 2.91 bits per heavy atom. The number of fused-ring (bicyclic) bond motifs is 1. The fraction of sp³-hybridized carbons (Fsp3) is 0.412. The zero-order chi connectivity index (χ0) is 16.1. The van der Waals surface area contributed by atoms with Crippen LogP contribution in [0.25, 0.3) is 0 Å². The molecule has 1 aliphatic carbocycles. The van der Waals surface area contributed by atoms with E-state index in [-0.39, 0.29) is 25.7 Å². The largest absolute Gasteiger partial charge is 0.483 e. The Kier molecular flexibility index (Phi) is 4.92. The van der Waals surface area contributed by atoms with Gasteiger partial charge in [-0.05, 0) is 43.9 Å². The summed E-state index contributed by atoms with van der Waals surface area (Å²) in [5, 5.41) is 11.7.